The van der Waals surface area contributed by atoms with Crippen LogP contribution in [-0.4, -0.2) is 26.0 Å². The number of fused-ring (bicyclic) bond motifs is 1. The first-order valence-electron chi connectivity index (χ1n) is 6.45. The van der Waals surface area contributed by atoms with Crippen LogP contribution in [0.1, 0.15) is 13.8 Å². The highest BCUT2D eigenvalue weighted by Crippen LogP contribution is 2.23. The second kappa shape index (κ2) is 5.46. The molecule has 2 aromatic carbocycles. The normalized spacial score (nSPS) is 12.5. The number of nitrogens with one attached hydrogen (secondary N) is 1. The molecule has 0 atom stereocenters. The van der Waals surface area contributed by atoms with Crippen molar-refractivity contribution in [2.75, 3.05) is 6.54 Å². The van der Waals surface area contributed by atoms with Crippen molar-refractivity contribution in [2.24, 2.45) is 5.41 Å². The van der Waals surface area contributed by atoms with Gasteiger partial charge >= 0.3 is 5.97 Å². The van der Waals surface area contributed by atoms with E-state index in [-0.39, 0.29) is 11.4 Å². The van der Waals surface area contributed by atoms with Crippen LogP contribution in [0.3, 0.4) is 0 Å². The average molecular weight is 307 g/mol. The lowest BCUT2D eigenvalue weighted by molar-refractivity contribution is -0.146. The topological polar surface area (TPSA) is 83.5 Å². The Bertz CT molecular complexity index is 776. The van der Waals surface area contributed by atoms with Crippen molar-refractivity contribution in [1.82, 2.24) is 4.72 Å². The summed E-state index contributed by atoms with van der Waals surface area (Å²) in [6.07, 6.45) is 0. The number of carboxylic acids is 1. The fraction of sp³-hybridized carbons (Fsp3) is 0.267. The van der Waals surface area contributed by atoms with Gasteiger partial charge in [-0.1, -0.05) is 36.4 Å². The summed E-state index contributed by atoms with van der Waals surface area (Å²) >= 11 is 0. The van der Waals surface area contributed by atoms with E-state index in [2.05, 4.69) is 4.72 Å². The van der Waals surface area contributed by atoms with Crippen LogP contribution in [0, 0.1) is 5.41 Å². The number of hydrogen-bond acceptors (Lipinski definition) is 3. The smallest absolute Gasteiger partial charge is 0.310 e. The van der Waals surface area contributed by atoms with Gasteiger partial charge in [-0.25, -0.2) is 13.1 Å². The highest BCUT2D eigenvalue weighted by atomic mass is 32.2. The molecule has 0 unspecified atom stereocenters. The SMILES string of the molecule is CC(C)(CNS(=O)(=O)c1cccc2ccccc12)C(=O)O. The lowest BCUT2D eigenvalue weighted by Crippen LogP contribution is -2.38. The minimum Gasteiger partial charge on any atom is -0.481 e. The van der Waals surface area contributed by atoms with E-state index in [1.165, 1.54) is 19.9 Å². The lowest BCUT2D eigenvalue weighted by atomic mass is 9.95. The van der Waals surface area contributed by atoms with Crippen LogP contribution in [0.4, 0.5) is 0 Å². The van der Waals surface area contributed by atoms with Gasteiger partial charge in [0.2, 0.25) is 10.0 Å². The van der Waals surface area contributed by atoms with Gasteiger partial charge in [0.25, 0.3) is 0 Å². The van der Waals surface area contributed by atoms with Crippen LogP contribution in [0.25, 0.3) is 10.8 Å². The van der Waals surface area contributed by atoms with Crippen molar-refractivity contribution in [3.8, 4) is 0 Å². The summed E-state index contributed by atoms with van der Waals surface area (Å²) in [5.41, 5.74) is -1.17. The molecule has 0 spiro atoms. The molecule has 0 aliphatic rings. The lowest BCUT2D eigenvalue weighted by Gasteiger charge is -2.19. The number of hydrogen-bond donors (Lipinski definition) is 2. The zero-order chi connectivity index (χ0) is 15.7. The van der Waals surface area contributed by atoms with Crippen LogP contribution >= 0.6 is 0 Å². The highest BCUT2D eigenvalue weighted by molar-refractivity contribution is 7.89. The molecule has 0 fully saturated rings. The van der Waals surface area contributed by atoms with Gasteiger partial charge in [0.15, 0.2) is 0 Å². The highest BCUT2D eigenvalue weighted by Gasteiger charge is 2.29. The van der Waals surface area contributed by atoms with E-state index in [9.17, 15) is 13.2 Å². The minimum atomic E-state index is -3.77. The number of benzene rings is 2. The Morgan fingerprint density at radius 1 is 1.14 bits per heavy atom. The molecular formula is C15H17NO4S. The first kappa shape index (κ1) is 15.5. The summed E-state index contributed by atoms with van der Waals surface area (Å²) in [5.74, 6) is -1.05. The summed E-state index contributed by atoms with van der Waals surface area (Å²) < 4.78 is 27.2. The third-order valence-electron chi connectivity index (χ3n) is 3.32. The Labute approximate surface area is 123 Å². The van der Waals surface area contributed by atoms with Crippen molar-refractivity contribution in [2.45, 2.75) is 18.7 Å². The van der Waals surface area contributed by atoms with Gasteiger partial charge in [0.05, 0.1) is 10.3 Å². The maximum atomic E-state index is 12.4. The monoisotopic (exact) mass is 307 g/mol. The molecule has 2 N–H and O–H groups in total. The van der Waals surface area contributed by atoms with E-state index in [4.69, 9.17) is 5.11 Å². The fourth-order valence-corrected chi connectivity index (χ4v) is 3.30. The second-order valence-corrected chi connectivity index (χ2v) is 7.23. The molecule has 2 rings (SSSR count). The molecular weight excluding hydrogens is 290 g/mol. The van der Waals surface area contributed by atoms with Gasteiger partial charge in [-0.05, 0) is 25.3 Å². The summed E-state index contributed by atoms with van der Waals surface area (Å²) in [4.78, 5) is 11.2. The van der Waals surface area contributed by atoms with Crippen LogP contribution in [-0.2, 0) is 14.8 Å². The molecule has 0 saturated heterocycles. The molecule has 0 aliphatic heterocycles. The Balaban J connectivity index is 2.37. The van der Waals surface area contributed by atoms with Crippen molar-refractivity contribution < 1.29 is 18.3 Å². The van der Waals surface area contributed by atoms with Gasteiger partial charge in [0.1, 0.15) is 0 Å². The molecule has 2 aromatic rings. The predicted octanol–water partition coefficient (Wildman–Crippen LogP) is 2.23. The van der Waals surface area contributed by atoms with E-state index in [0.29, 0.717) is 5.39 Å². The first-order chi connectivity index (χ1) is 9.74. The quantitative estimate of drug-likeness (QED) is 0.887. The van der Waals surface area contributed by atoms with Crippen molar-refractivity contribution >= 4 is 26.8 Å². The molecule has 0 saturated carbocycles. The molecule has 0 radical (unpaired) electrons. The number of aliphatic carboxylic acids is 1. The molecule has 0 aliphatic carbocycles. The number of rotatable bonds is 5. The van der Waals surface area contributed by atoms with E-state index in [0.717, 1.165) is 5.39 Å². The molecule has 5 nitrogen and oxygen atoms in total. The zero-order valence-corrected chi connectivity index (χ0v) is 12.6. The standard InChI is InChI=1S/C15H17NO4S/c1-15(2,14(17)18)10-16-21(19,20)13-9-5-7-11-6-3-4-8-12(11)13/h3-9,16H,10H2,1-2H3,(H,17,18). The van der Waals surface area contributed by atoms with Crippen LogP contribution in [0.15, 0.2) is 47.4 Å². The summed E-state index contributed by atoms with van der Waals surface area (Å²) in [5, 5.41) is 10.5. The number of sulfonamides is 1. The number of carboxylic acid groups (broad SMARTS) is 1. The van der Waals surface area contributed by atoms with Gasteiger partial charge in [0, 0.05) is 11.9 Å². The van der Waals surface area contributed by atoms with E-state index in [1.54, 1.807) is 18.2 Å². The zero-order valence-electron chi connectivity index (χ0n) is 11.8. The molecule has 0 amide bonds. The molecule has 21 heavy (non-hydrogen) atoms. The third-order valence-corrected chi connectivity index (χ3v) is 4.78. The molecule has 112 valence electrons. The third kappa shape index (κ3) is 3.22. The first-order valence-corrected chi connectivity index (χ1v) is 7.93. The predicted molar refractivity (Wildman–Crippen MR) is 80.6 cm³/mol. The number of carbonyl (C=O) groups is 1. The van der Waals surface area contributed by atoms with E-state index in [1.807, 2.05) is 18.2 Å². The Morgan fingerprint density at radius 3 is 2.43 bits per heavy atom. The fourth-order valence-electron chi connectivity index (χ4n) is 1.86. The van der Waals surface area contributed by atoms with Crippen molar-refractivity contribution in [3.63, 3.8) is 0 Å². The Hall–Kier alpha value is -1.92. The van der Waals surface area contributed by atoms with Crippen molar-refractivity contribution in [3.05, 3.63) is 42.5 Å². The molecule has 0 aromatic heterocycles. The minimum absolute atomic E-state index is 0.154. The van der Waals surface area contributed by atoms with Gasteiger partial charge < -0.3 is 5.11 Å². The van der Waals surface area contributed by atoms with Crippen molar-refractivity contribution in [1.29, 1.82) is 0 Å². The van der Waals surface area contributed by atoms with Gasteiger partial charge in [-0.15, -0.1) is 0 Å². The largest absolute Gasteiger partial charge is 0.481 e. The van der Waals surface area contributed by atoms with E-state index < -0.39 is 21.4 Å². The van der Waals surface area contributed by atoms with Gasteiger partial charge in [-0.2, -0.15) is 0 Å². The van der Waals surface area contributed by atoms with E-state index >= 15 is 0 Å². The Morgan fingerprint density at radius 2 is 1.76 bits per heavy atom. The maximum absolute atomic E-state index is 12.4. The van der Waals surface area contributed by atoms with Crippen LogP contribution < -0.4 is 4.72 Å². The van der Waals surface area contributed by atoms with Gasteiger partial charge in [-0.3, -0.25) is 4.79 Å². The molecule has 6 heteroatoms. The average Bonchev–Trinajstić information content (AvgIpc) is 2.44. The molecule has 0 heterocycles. The summed E-state index contributed by atoms with van der Waals surface area (Å²) in [7, 11) is -3.77. The van der Waals surface area contributed by atoms with Crippen LogP contribution in [0.5, 0.6) is 0 Å². The second-order valence-electron chi connectivity index (χ2n) is 5.49. The summed E-state index contributed by atoms with van der Waals surface area (Å²) in [6, 6.07) is 12.2. The maximum Gasteiger partial charge on any atom is 0.310 e. The summed E-state index contributed by atoms with van der Waals surface area (Å²) in [6.45, 7) is 2.77. The Kier molecular flexibility index (Phi) is 4.02. The molecule has 0 bridgehead atoms. The van der Waals surface area contributed by atoms with Crippen LogP contribution in [0.2, 0.25) is 0 Å².